The number of nitrogens with zero attached hydrogens (tertiary/aromatic N) is 2. The minimum Gasteiger partial charge on any atom is -0.353 e. The number of nitrogens with one attached hydrogen (secondary N) is 1. The summed E-state index contributed by atoms with van der Waals surface area (Å²) in [5.74, 6) is -0.0747. The first-order chi connectivity index (χ1) is 13.4. The molecule has 0 radical (unpaired) electrons. The van der Waals surface area contributed by atoms with Crippen LogP contribution in [0.5, 0.6) is 0 Å². The number of carbonyl (C=O) groups is 2. The van der Waals surface area contributed by atoms with Crippen LogP contribution in [0.15, 0.2) is 48.5 Å². The van der Waals surface area contributed by atoms with Gasteiger partial charge < -0.3 is 10.2 Å². The van der Waals surface area contributed by atoms with Gasteiger partial charge in [-0.1, -0.05) is 54.1 Å². The predicted octanol–water partition coefficient (Wildman–Crippen LogP) is 2.65. The fraction of sp³-hybridized carbons (Fsp3) is 0.391. The third-order valence-electron chi connectivity index (χ3n) is 5.41. The van der Waals surface area contributed by atoms with Gasteiger partial charge in [0.15, 0.2) is 0 Å². The molecule has 0 aromatic heterocycles. The Kier molecular flexibility index (Phi) is 6.47. The van der Waals surface area contributed by atoms with E-state index in [2.05, 4.69) is 29.3 Å². The number of hydrogen-bond donors (Lipinski definition) is 1. The summed E-state index contributed by atoms with van der Waals surface area (Å²) in [6, 6.07) is 15.9. The largest absolute Gasteiger partial charge is 0.353 e. The smallest absolute Gasteiger partial charge is 0.237 e. The zero-order valence-corrected chi connectivity index (χ0v) is 16.9. The molecule has 5 heteroatoms. The van der Waals surface area contributed by atoms with Crippen LogP contribution in [-0.2, 0) is 22.7 Å². The molecule has 2 amide bonds. The molecule has 148 valence electrons. The molecule has 2 aromatic carbocycles. The molecule has 0 aliphatic carbocycles. The fourth-order valence-corrected chi connectivity index (χ4v) is 3.56. The predicted molar refractivity (Wildman–Crippen MR) is 111 cm³/mol. The van der Waals surface area contributed by atoms with Crippen molar-refractivity contribution in [2.45, 2.75) is 39.4 Å². The van der Waals surface area contributed by atoms with Gasteiger partial charge in [-0.05, 0) is 30.5 Å². The molecule has 5 nitrogen and oxygen atoms in total. The highest BCUT2D eigenvalue weighted by molar-refractivity contribution is 5.88. The SMILES string of the molecule is Cc1ccc(CN(C)C(=O)CC2C(=O)NCCN2Cc2ccccc2C)cc1. The highest BCUT2D eigenvalue weighted by Crippen LogP contribution is 2.17. The molecule has 1 aliphatic heterocycles. The number of piperazine rings is 1. The highest BCUT2D eigenvalue weighted by atomic mass is 16.2. The Labute approximate surface area is 167 Å². The van der Waals surface area contributed by atoms with Crippen molar-refractivity contribution in [3.05, 3.63) is 70.8 Å². The van der Waals surface area contributed by atoms with Gasteiger partial charge in [0.05, 0.1) is 12.5 Å². The Bertz CT molecular complexity index is 832. The molecule has 1 N–H and O–H groups in total. The maximum Gasteiger partial charge on any atom is 0.237 e. The topological polar surface area (TPSA) is 52.7 Å². The standard InChI is InChI=1S/C23H29N3O2/c1-17-8-10-19(11-9-17)15-25(3)22(27)14-21-23(28)24-12-13-26(21)16-20-7-5-4-6-18(20)2/h4-11,21H,12-16H2,1-3H3,(H,24,28). The maximum absolute atomic E-state index is 12.8. The van der Waals surface area contributed by atoms with Gasteiger partial charge in [0.1, 0.15) is 0 Å². The molecule has 1 aliphatic rings. The average Bonchev–Trinajstić information content (AvgIpc) is 2.68. The zero-order chi connectivity index (χ0) is 20.1. The van der Waals surface area contributed by atoms with E-state index in [0.717, 1.165) is 12.1 Å². The van der Waals surface area contributed by atoms with Crippen LogP contribution in [-0.4, -0.2) is 47.8 Å². The van der Waals surface area contributed by atoms with Crippen molar-refractivity contribution in [1.29, 1.82) is 0 Å². The number of carbonyl (C=O) groups excluding carboxylic acids is 2. The lowest BCUT2D eigenvalue weighted by atomic mass is 10.0. The van der Waals surface area contributed by atoms with Gasteiger partial charge in [-0.25, -0.2) is 0 Å². The van der Waals surface area contributed by atoms with Gasteiger partial charge in [0, 0.05) is 33.2 Å². The minimum absolute atomic E-state index is 0.0163. The summed E-state index contributed by atoms with van der Waals surface area (Å²) in [5, 5.41) is 2.91. The second-order valence-corrected chi connectivity index (χ2v) is 7.64. The van der Waals surface area contributed by atoms with E-state index >= 15 is 0 Å². The van der Waals surface area contributed by atoms with Crippen molar-refractivity contribution in [3.63, 3.8) is 0 Å². The number of aryl methyl sites for hydroxylation is 2. The van der Waals surface area contributed by atoms with Gasteiger partial charge in [-0.3, -0.25) is 14.5 Å². The normalized spacial score (nSPS) is 17.2. The summed E-state index contributed by atoms with van der Waals surface area (Å²) in [4.78, 5) is 29.2. The molecule has 0 saturated carbocycles. The van der Waals surface area contributed by atoms with Crippen molar-refractivity contribution in [3.8, 4) is 0 Å². The lowest BCUT2D eigenvalue weighted by Gasteiger charge is -2.35. The monoisotopic (exact) mass is 379 g/mol. The first kappa shape index (κ1) is 20.1. The van der Waals surface area contributed by atoms with Gasteiger partial charge >= 0.3 is 0 Å². The average molecular weight is 380 g/mol. The van der Waals surface area contributed by atoms with Crippen LogP contribution in [0.1, 0.15) is 28.7 Å². The number of amides is 2. The molecule has 1 atom stereocenters. The highest BCUT2D eigenvalue weighted by Gasteiger charge is 2.32. The van der Waals surface area contributed by atoms with E-state index < -0.39 is 6.04 Å². The molecule has 1 heterocycles. The van der Waals surface area contributed by atoms with Crippen LogP contribution in [0.2, 0.25) is 0 Å². The van der Waals surface area contributed by atoms with Gasteiger partial charge in [-0.2, -0.15) is 0 Å². The van der Waals surface area contributed by atoms with Crippen molar-refractivity contribution >= 4 is 11.8 Å². The molecule has 1 saturated heterocycles. The van der Waals surface area contributed by atoms with Gasteiger partial charge in [0.2, 0.25) is 11.8 Å². The summed E-state index contributed by atoms with van der Waals surface area (Å²) in [6.45, 7) is 6.72. The fourth-order valence-electron chi connectivity index (χ4n) is 3.56. The van der Waals surface area contributed by atoms with E-state index in [-0.39, 0.29) is 18.2 Å². The number of hydrogen-bond acceptors (Lipinski definition) is 3. The molecule has 0 bridgehead atoms. The van der Waals surface area contributed by atoms with Crippen LogP contribution >= 0.6 is 0 Å². The maximum atomic E-state index is 12.8. The zero-order valence-electron chi connectivity index (χ0n) is 16.9. The summed E-state index contributed by atoms with van der Waals surface area (Å²) in [5.41, 5.74) is 4.69. The second-order valence-electron chi connectivity index (χ2n) is 7.64. The van der Waals surface area contributed by atoms with E-state index in [1.165, 1.54) is 16.7 Å². The molecule has 28 heavy (non-hydrogen) atoms. The molecular formula is C23H29N3O2. The Hall–Kier alpha value is -2.66. The number of benzene rings is 2. The lowest BCUT2D eigenvalue weighted by Crippen LogP contribution is -2.56. The molecule has 1 fully saturated rings. The Morgan fingerprint density at radius 1 is 1.14 bits per heavy atom. The summed E-state index contributed by atoms with van der Waals surface area (Å²) in [7, 11) is 1.80. The summed E-state index contributed by atoms with van der Waals surface area (Å²) in [6.07, 6.45) is 0.195. The van der Waals surface area contributed by atoms with E-state index in [1.807, 2.05) is 43.3 Å². The quantitative estimate of drug-likeness (QED) is 0.840. The Morgan fingerprint density at radius 3 is 2.57 bits per heavy atom. The molecule has 2 aromatic rings. The van der Waals surface area contributed by atoms with E-state index in [9.17, 15) is 9.59 Å². The van der Waals surface area contributed by atoms with Crippen molar-refractivity contribution in [2.24, 2.45) is 0 Å². The van der Waals surface area contributed by atoms with Gasteiger partial charge in [0.25, 0.3) is 0 Å². The van der Waals surface area contributed by atoms with Gasteiger partial charge in [-0.15, -0.1) is 0 Å². The van der Waals surface area contributed by atoms with Crippen LogP contribution in [0.3, 0.4) is 0 Å². The van der Waals surface area contributed by atoms with Crippen molar-refractivity contribution in [2.75, 3.05) is 20.1 Å². The molecule has 3 rings (SSSR count). The lowest BCUT2D eigenvalue weighted by molar-refractivity contribution is -0.138. The van der Waals surface area contributed by atoms with E-state index in [1.54, 1.807) is 11.9 Å². The Morgan fingerprint density at radius 2 is 1.86 bits per heavy atom. The number of rotatable bonds is 6. The van der Waals surface area contributed by atoms with E-state index in [0.29, 0.717) is 19.6 Å². The third-order valence-corrected chi connectivity index (χ3v) is 5.41. The second kappa shape index (κ2) is 9.02. The molecule has 1 unspecified atom stereocenters. The van der Waals surface area contributed by atoms with Crippen LogP contribution in [0.25, 0.3) is 0 Å². The van der Waals surface area contributed by atoms with Crippen LogP contribution in [0.4, 0.5) is 0 Å². The molecular weight excluding hydrogens is 350 g/mol. The first-order valence-corrected chi connectivity index (χ1v) is 9.80. The first-order valence-electron chi connectivity index (χ1n) is 9.80. The van der Waals surface area contributed by atoms with E-state index in [4.69, 9.17) is 0 Å². The Balaban J connectivity index is 1.66. The molecule has 0 spiro atoms. The third kappa shape index (κ3) is 4.98. The van der Waals surface area contributed by atoms with Crippen LogP contribution < -0.4 is 5.32 Å². The van der Waals surface area contributed by atoms with Crippen molar-refractivity contribution < 1.29 is 9.59 Å². The van der Waals surface area contributed by atoms with Crippen LogP contribution in [0, 0.1) is 13.8 Å². The summed E-state index contributed by atoms with van der Waals surface area (Å²) < 4.78 is 0. The van der Waals surface area contributed by atoms with Crippen molar-refractivity contribution in [1.82, 2.24) is 15.1 Å². The summed E-state index contributed by atoms with van der Waals surface area (Å²) >= 11 is 0. The minimum atomic E-state index is -0.429.